The van der Waals surface area contributed by atoms with Gasteiger partial charge in [0.05, 0.1) is 18.0 Å². The molecule has 1 atom stereocenters. The summed E-state index contributed by atoms with van der Waals surface area (Å²) >= 11 is 0. The zero-order valence-electron chi connectivity index (χ0n) is 18.8. The van der Waals surface area contributed by atoms with E-state index in [4.69, 9.17) is 10.2 Å². The maximum absolute atomic E-state index is 11.7. The molecule has 4 rings (SSSR count). The number of nitrogens with one attached hydrogen (secondary N) is 2. The molecule has 1 aliphatic heterocycles. The summed E-state index contributed by atoms with van der Waals surface area (Å²) < 4.78 is 0. The lowest BCUT2D eigenvalue weighted by Crippen LogP contribution is -2.36. The van der Waals surface area contributed by atoms with Crippen LogP contribution in [0.3, 0.4) is 0 Å². The van der Waals surface area contributed by atoms with Gasteiger partial charge in [0.2, 0.25) is 5.95 Å². The summed E-state index contributed by atoms with van der Waals surface area (Å²) in [6.45, 7) is 2.68. The number of carbonyl (C=O) groups is 1. The fraction of sp³-hybridized carbons (Fsp3) is 0.542. The smallest absolute Gasteiger partial charge is 0.326 e. The van der Waals surface area contributed by atoms with Gasteiger partial charge in [0.25, 0.3) is 0 Å². The van der Waals surface area contributed by atoms with Gasteiger partial charge < -0.3 is 20.6 Å². The molecule has 0 aromatic carbocycles. The molecule has 0 saturated heterocycles. The van der Waals surface area contributed by atoms with Gasteiger partial charge in [-0.2, -0.15) is 5.26 Å². The van der Waals surface area contributed by atoms with Crippen molar-refractivity contribution < 1.29 is 9.90 Å². The van der Waals surface area contributed by atoms with E-state index < -0.39 is 12.0 Å². The number of hydrogen-bond donors (Lipinski definition) is 3. The number of carboxylic acids is 1. The second kappa shape index (κ2) is 11.1. The highest BCUT2D eigenvalue weighted by Gasteiger charge is 2.30. The molecule has 0 unspecified atom stereocenters. The minimum absolute atomic E-state index is 0.228. The lowest BCUT2D eigenvalue weighted by molar-refractivity contribution is -0.138. The summed E-state index contributed by atoms with van der Waals surface area (Å²) in [5.41, 5.74) is 2.80. The van der Waals surface area contributed by atoms with E-state index in [1.54, 1.807) is 0 Å². The Balaban J connectivity index is 1.23. The van der Waals surface area contributed by atoms with Crippen molar-refractivity contribution in [2.75, 3.05) is 30.3 Å². The van der Waals surface area contributed by atoms with Gasteiger partial charge in [0.15, 0.2) is 0 Å². The van der Waals surface area contributed by atoms with Crippen LogP contribution >= 0.6 is 0 Å². The van der Waals surface area contributed by atoms with Crippen LogP contribution in [0.2, 0.25) is 0 Å². The minimum atomic E-state index is -0.925. The highest BCUT2D eigenvalue weighted by Crippen LogP contribution is 2.28. The van der Waals surface area contributed by atoms with Crippen molar-refractivity contribution in [1.82, 2.24) is 19.9 Å². The quantitative estimate of drug-likeness (QED) is 0.419. The van der Waals surface area contributed by atoms with Crippen LogP contribution in [0.25, 0.3) is 0 Å². The normalized spacial score (nSPS) is 15.9. The predicted molar refractivity (Wildman–Crippen MR) is 125 cm³/mol. The molecule has 0 bridgehead atoms. The lowest BCUT2D eigenvalue weighted by atomic mass is 10.1. The second-order valence-corrected chi connectivity index (χ2v) is 8.80. The number of aryl methyl sites for hydroxylation is 2. The van der Waals surface area contributed by atoms with E-state index in [0.717, 1.165) is 50.3 Å². The van der Waals surface area contributed by atoms with Crippen molar-refractivity contribution in [2.45, 2.75) is 63.5 Å². The Bertz CT molecular complexity index is 985. The number of anilines is 2. The molecule has 1 saturated carbocycles. The number of aliphatic carboxylic acids is 1. The van der Waals surface area contributed by atoms with Crippen LogP contribution < -0.4 is 10.6 Å². The van der Waals surface area contributed by atoms with Gasteiger partial charge in [-0.25, -0.2) is 19.7 Å². The fourth-order valence-corrected chi connectivity index (χ4v) is 4.21. The molecule has 2 aliphatic rings. The van der Waals surface area contributed by atoms with Gasteiger partial charge in [-0.15, -0.1) is 0 Å². The average molecular weight is 450 g/mol. The van der Waals surface area contributed by atoms with Crippen LogP contribution in [0.4, 0.5) is 11.8 Å². The maximum atomic E-state index is 11.7. The Kier molecular flexibility index (Phi) is 7.68. The Morgan fingerprint density at radius 3 is 2.82 bits per heavy atom. The molecule has 9 nitrogen and oxygen atoms in total. The minimum Gasteiger partial charge on any atom is -0.480 e. The van der Waals surface area contributed by atoms with E-state index in [1.807, 2.05) is 6.07 Å². The van der Waals surface area contributed by atoms with E-state index in [-0.39, 0.29) is 5.95 Å². The van der Waals surface area contributed by atoms with Crippen LogP contribution in [-0.2, 0) is 17.6 Å². The summed E-state index contributed by atoms with van der Waals surface area (Å²) in [6.07, 6.45) is 11.0. The van der Waals surface area contributed by atoms with Crippen molar-refractivity contribution in [3.8, 4) is 6.07 Å². The SMILES string of the molecule is N#Cc1cnc(N[C@@H](CCN(CCCCc2ccc3c(n2)NCCC3)C2CC2)C(=O)O)nc1. The Labute approximate surface area is 194 Å². The number of carboxylic acid groups (broad SMARTS) is 1. The first-order chi connectivity index (χ1) is 16.1. The maximum Gasteiger partial charge on any atom is 0.326 e. The van der Waals surface area contributed by atoms with Gasteiger partial charge in [0, 0.05) is 24.8 Å². The summed E-state index contributed by atoms with van der Waals surface area (Å²) in [5.74, 6) is 0.356. The number of hydrogen-bond acceptors (Lipinski definition) is 8. The number of pyridine rings is 1. The number of unbranched alkanes of at least 4 members (excludes halogenated alkanes) is 1. The third-order valence-electron chi connectivity index (χ3n) is 6.23. The number of fused-ring (bicyclic) bond motifs is 1. The molecule has 0 radical (unpaired) electrons. The van der Waals surface area contributed by atoms with Crippen molar-refractivity contribution in [2.24, 2.45) is 0 Å². The van der Waals surface area contributed by atoms with Gasteiger partial charge in [0.1, 0.15) is 17.9 Å². The molecule has 1 aliphatic carbocycles. The number of rotatable bonds is 12. The molecule has 2 aromatic heterocycles. The van der Waals surface area contributed by atoms with Crippen molar-refractivity contribution in [3.63, 3.8) is 0 Å². The molecule has 3 heterocycles. The third kappa shape index (κ3) is 6.62. The lowest BCUT2D eigenvalue weighted by Gasteiger charge is -2.24. The molecule has 33 heavy (non-hydrogen) atoms. The zero-order chi connectivity index (χ0) is 23.0. The van der Waals surface area contributed by atoms with Gasteiger partial charge in [-0.05, 0) is 69.5 Å². The molecule has 1 fully saturated rings. The van der Waals surface area contributed by atoms with Gasteiger partial charge in [-0.1, -0.05) is 6.07 Å². The Morgan fingerprint density at radius 2 is 2.09 bits per heavy atom. The predicted octanol–water partition coefficient (Wildman–Crippen LogP) is 2.84. The number of nitriles is 1. The fourth-order valence-electron chi connectivity index (χ4n) is 4.21. The molecule has 3 N–H and O–H groups in total. The molecule has 2 aromatic rings. The molecular weight excluding hydrogens is 418 g/mol. The van der Waals surface area contributed by atoms with E-state index in [1.165, 1.54) is 37.2 Å². The highest BCUT2D eigenvalue weighted by molar-refractivity contribution is 5.76. The third-order valence-corrected chi connectivity index (χ3v) is 6.23. The largest absolute Gasteiger partial charge is 0.480 e. The monoisotopic (exact) mass is 449 g/mol. The van der Waals surface area contributed by atoms with Crippen LogP contribution in [0.5, 0.6) is 0 Å². The van der Waals surface area contributed by atoms with Crippen LogP contribution in [0.15, 0.2) is 24.5 Å². The van der Waals surface area contributed by atoms with Gasteiger partial charge >= 0.3 is 5.97 Å². The van der Waals surface area contributed by atoms with E-state index >= 15 is 0 Å². The second-order valence-electron chi connectivity index (χ2n) is 8.80. The average Bonchev–Trinajstić information content (AvgIpc) is 3.68. The summed E-state index contributed by atoms with van der Waals surface area (Å²) in [7, 11) is 0. The Morgan fingerprint density at radius 1 is 1.27 bits per heavy atom. The van der Waals surface area contributed by atoms with Crippen molar-refractivity contribution >= 4 is 17.7 Å². The van der Waals surface area contributed by atoms with E-state index in [2.05, 4.69) is 37.6 Å². The van der Waals surface area contributed by atoms with Gasteiger partial charge in [-0.3, -0.25) is 0 Å². The van der Waals surface area contributed by atoms with Crippen molar-refractivity contribution in [1.29, 1.82) is 5.26 Å². The Hall–Kier alpha value is -3.25. The number of aromatic nitrogens is 3. The van der Waals surface area contributed by atoms with Crippen LogP contribution in [-0.4, -0.2) is 62.6 Å². The standard InChI is InChI=1S/C24H31N7O2/c25-14-17-15-27-24(28-16-17)30-21(23(32)33)10-13-31(20-8-9-20)12-2-1-5-19-7-6-18-4-3-11-26-22(18)29-19/h6-7,15-16,20-21H,1-5,8-13H2,(H,26,29)(H,32,33)(H,27,28,30)/t21-/m0/s1. The molecule has 9 heteroatoms. The first-order valence-corrected chi connectivity index (χ1v) is 11.8. The zero-order valence-corrected chi connectivity index (χ0v) is 18.8. The molecule has 174 valence electrons. The van der Waals surface area contributed by atoms with Crippen LogP contribution in [0.1, 0.15) is 55.3 Å². The first-order valence-electron chi connectivity index (χ1n) is 11.8. The van der Waals surface area contributed by atoms with Crippen molar-refractivity contribution in [3.05, 3.63) is 41.3 Å². The first kappa shape index (κ1) is 22.9. The summed E-state index contributed by atoms with van der Waals surface area (Å²) in [6, 6.07) is 6.11. The summed E-state index contributed by atoms with van der Waals surface area (Å²) in [4.78, 5) is 27.0. The van der Waals surface area contributed by atoms with E-state index in [0.29, 0.717) is 24.6 Å². The molecule has 0 spiro atoms. The highest BCUT2D eigenvalue weighted by atomic mass is 16.4. The molecule has 0 amide bonds. The van der Waals surface area contributed by atoms with Crippen LogP contribution in [0, 0.1) is 11.3 Å². The number of nitrogens with zero attached hydrogens (tertiary/aromatic N) is 5. The molecular formula is C24H31N7O2. The van der Waals surface area contributed by atoms with E-state index in [9.17, 15) is 9.90 Å². The summed E-state index contributed by atoms with van der Waals surface area (Å²) in [5, 5.41) is 24.8. The topological polar surface area (TPSA) is 127 Å².